The molecule has 1 aliphatic heterocycles. The molecule has 0 aliphatic carbocycles. The molecule has 1 aliphatic rings. The van der Waals surface area contributed by atoms with Crippen molar-refractivity contribution in [1.82, 2.24) is 4.90 Å². The van der Waals surface area contributed by atoms with Gasteiger partial charge in [0.05, 0.1) is 22.2 Å². The molecule has 4 heteroatoms. The molecule has 1 fully saturated rings. The molecular weight excluding hydrogens is 318 g/mol. The molecule has 2 aromatic carbocycles. The molecule has 3 rings (SSSR count). The first kappa shape index (κ1) is 17.3. The van der Waals surface area contributed by atoms with E-state index in [1.807, 2.05) is 49.4 Å². The molecule has 0 amide bonds. The molecule has 0 radical (unpaired) electrons. The predicted molar refractivity (Wildman–Crippen MR) is 98.3 cm³/mol. The van der Waals surface area contributed by atoms with Crippen LogP contribution in [0.1, 0.15) is 24.5 Å². The van der Waals surface area contributed by atoms with Crippen molar-refractivity contribution in [1.29, 1.82) is 0 Å². The van der Waals surface area contributed by atoms with E-state index in [0.29, 0.717) is 6.42 Å². The third kappa shape index (κ3) is 3.94. The van der Waals surface area contributed by atoms with Gasteiger partial charge in [-0.1, -0.05) is 48.0 Å². The molecule has 0 spiro atoms. The number of rotatable bonds is 4. The van der Waals surface area contributed by atoms with Gasteiger partial charge in [-0.05, 0) is 38.0 Å². The fourth-order valence-electron chi connectivity index (χ4n) is 3.26. The first-order valence-electron chi connectivity index (χ1n) is 8.48. The molecule has 4 atom stereocenters. The Kier molecular flexibility index (Phi) is 5.49. The Morgan fingerprint density at radius 2 is 1.79 bits per heavy atom. The summed E-state index contributed by atoms with van der Waals surface area (Å²) in [5.41, 5.74) is 2.39. The molecular formula is C20H25NO2S. The van der Waals surface area contributed by atoms with E-state index in [2.05, 4.69) is 24.0 Å². The summed E-state index contributed by atoms with van der Waals surface area (Å²) in [5, 5.41) is 10.4. The van der Waals surface area contributed by atoms with Gasteiger partial charge in [0.25, 0.3) is 0 Å². The van der Waals surface area contributed by atoms with E-state index in [9.17, 15) is 9.32 Å². The quantitative estimate of drug-likeness (QED) is 0.927. The summed E-state index contributed by atoms with van der Waals surface area (Å²) in [7, 11) is -1.09. The van der Waals surface area contributed by atoms with Crippen LogP contribution >= 0.6 is 0 Å². The van der Waals surface area contributed by atoms with Gasteiger partial charge in [-0.15, -0.1) is 0 Å². The fraction of sp³-hybridized carbons (Fsp3) is 0.400. The van der Waals surface area contributed by atoms with E-state index in [-0.39, 0.29) is 11.3 Å². The lowest BCUT2D eigenvalue weighted by Gasteiger charge is -2.40. The van der Waals surface area contributed by atoms with E-state index < -0.39 is 16.9 Å². The number of hydrogen-bond donors (Lipinski definition) is 1. The summed E-state index contributed by atoms with van der Waals surface area (Å²) in [6.45, 7) is 5.60. The lowest BCUT2D eigenvalue weighted by molar-refractivity contribution is 0.0181. The highest BCUT2D eigenvalue weighted by atomic mass is 32.2. The summed E-state index contributed by atoms with van der Waals surface area (Å²) >= 11 is 0. The topological polar surface area (TPSA) is 40.5 Å². The maximum absolute atomic E-state index is 12.9. The van der Waals surface area contributed by atoms with Crippen molar-refractivity contribution >= 4 is 10.8 Å². The third-order valence-electron chi connectivity index (χ3n) is 4.86. The summed E-state index contributed by atoms with van der Waals surface area (Å²) in [6.07, 6.45) is 0.148. The lowest BCUT2D eigenvalue weighted by Crippen LogP contribution is -2.52. The Bertz CT molecular complexity index is 687. The van der Waals surface area contributed by atoms with Crippen LogP contribution in [0.15, 0.2) is 59.5 Å². The number of piperidine rings is 1. The van der Waals surface area contributed by atoms with E-state index >= 15 is 0 Å². The molecule has 1 heterocycles. The largest absolute Gasteiger partial charge is 0.391 e. The first-order chi connectivity index (χ1) is 11.5. The Morgan fingerprint density at radius 3 is 2.46 bits per heavy atom. The molecule has 0 bridgehead atoms. The van der Waals surface area contributed by atoms with Crippen LogP contribution in [0.25, 0.3) is 0 Å². The minimum absolute atomic E-state index is 0.0392. The van der Waals surface area contributed by atoms with Gasteiger partial charge in [-0.2, -0.15) is 0 Å². The highest BCUT2D eigenvalue weighted by Crippen LogP contribution is 2.26. The zero-order chi connectivity index (χ0) is 17.1. The van der Waals surface area contributed by atoms with Crippen LogP contribution in [0.5, 0.6) is 0 Å². The van der Waals surface area contributed by atoms with Crippen LogP contribution in [0, 0.1) is 6.92 Å². The van der Waals surface area contributed by atoms with E-state index in [4.69, 9.17) is 0 Å². The molecule has 0 saturated carbocycles. The Morgan fingerprint density at radius 1 is 1.12 bits per heavy atom. The minimum atomic E-state index is -1.09. The van der Waals surface area contributed by atoms with Crippen molar-refractivity contribution in [3.05, 3.63) is 65.7 Å². The molecule has 1 N–H and O–H groups in total. The first-order valence-corrected chi connectivity index (χ1v) is 9.69. The fourth-order valence-corrected chi connectivity index (χ4v) is 4.75. The number of aliphatic hydroxyl groups excluding tert-OH is 1. The normalized spacial score (nSPS) is 26.2. The lowest BCUT2D eigenvalue weighted by atomic mass is 9.99. The van der Waals surface area contributed by atoms with Crippen LogP contribution in [0.2, 0.25) is 0 Å². The van der Waals surface area contributed by atoms with Crippen molar-refractivity contribution in [2.24, 2.45) is 0 Å². The Labute approximate surface area is 146 Å². The number of nitrogens with zero attached hydrogens (tertiary/aromatic N) is 1. The van der Waals surface area contributed by atoms with Crippen molar-refractivity contribution in [2.75, 3.05) is 6.54 Å². The van der Waals surface area contributed by atoms with Gasteiger partial charge >= 0.3 is 0 Å². The van der Waals surface area contributed by atoms with Gasteiger partial charge in [-0.25, -0.2) is 0 Å². The highest BCUT2D eigenvalue weighted by Gasteiger charge is 2.35. The van der Waals surface area contributed by atoms with Crippen molar-refractivity contribution in [2.45, 2.75) is 49.1 Å². The standard InChI is InChI=1S/C20H25NO2S/c1-15-8-10-18(11-9-15)24(23)19-12-20(22)16(2)21(14-19)13-17-6-4-3-5-7-17/h3-11,16,19-20,22H,12-14H2,1-2H3/t16-,19-,20+,24?/m0/s1. The van der Waals surface area contributed by atoms with Gasteiger partial charge in [0.1, 0.15) is 0 Å². The second-order valence-corrected chi connectivity index (χ2v) is 8.42. The maximum Gasteiger partial charge on any atom is 0.0704 e. The van der Waals surface area contributed by atoms with Crippen molar-refractivity contribution in [3.8, 4) is 0 Å². The number of benzene rings is 2. The van der Waals surface area contributed by atoms with Gasteiger partial charge in [0.15, 0.2) is 0 Å². The highest BCUT2D eigenvalue weighted by molar-refractivity contribution is 7.85. The Hall–Kier alpha value is -1.49. The van der Waals surface area contributed by atoms with Crippen LogP contribution < -0.4 is 0 Å². The monoisotopic (exact) mass is 343 g/mol. The molecule has 1 unspecified atom stereocenters. The van der Waals surface area contributed by atoms with Crippen LogP contribution in [-0.4, -0.2) is 38.2 Å². The zero-order valence-corrected chi connectivity index (χ0v) is 15.1. The maximum atomic E-state index is 12.9. The number of aryl methyl sites for hydroxylation is 1. The molecule has 0 aromatic heterocycles. The summed E-state index contributed by atoms with van der Waals surface area (Å²) < 4.78 is 12.9. The molecule has 1 saturated heterocycles. The van der Waals surface area contributed by atoms with Gasteiger partial charge < -0.3 is 5.11 Å². The van der Waals surface area contributed by atoms with Crippen molar-refractivity contribution in [3.63, 3.8) is 0 Å². The average molecular weight is 343 g/mol. The van der Waals surface area contributed by atoms with Gasteiger partial charge in [0, 0.05) is 24.0 Å². The van der Waals surface area contributed by atoms with Crippen molar-refractivity contribution < 1.29 is 9.32 Å². The minimum Gasteiger partial charge on any atom is -0.391 e. The second-order valence-electron chi connectivity index (χ2n) is 6.69. The molecule has 2 aromatic rings. The number of likely N-dealkylation sites (tertiary alicyclic amines) is 1. The molecule has 24 heavy (non-hydrogen) atoms. The summed E-state index contributed by atoms with van der Waals surface area (Å²) in [6, 6.07) is 18.2. The molecule has 128 valence electrons. The van der Waals surface area contributed by atoms with E-state index in [0.717, 1.165) is 18.0 Å². The smallest absolute Gasteiger partial charge is 0.0704 e. The summed E-state index contributed by atoms with van der Waals surface area (Å²) in [5.74, 6) is 0. The zero-order valence-electron chi connectivity index (χ0n) is 14.3. The predicted octanol–water partition coefficient (Wildman–Crippen LogP) is 3.13. The second kappa shape index (κ2) is 7.60. The molecule has 3 nitrogen and oxygen atoms in total. The SMILES string of the molecule is Cc1ccc(S(=O)[C@H]2C[C@@H](O)[C@H](C)N(Cc3ccccc3)C2)cc1. The number of aliphatic hydroxyl groups is 1. The summed E-state index contributed by atoms with van der Waals surface area (Å²) in [4.78, 5) is 3.10. The number of hydrogen-bond acceptors (Lipinski definition) is 3. The van der Waals surface area contributed by atoms with Crippen LogP contribution in [0.3, 0.4) is 0 Å². The Balaban J connectivity index is 1.75. The third-order valence-corrected chi connectivity index (χ3v) is 6.54. The van der Waals surface area contributed by atoms with Gasteiger partial charge in [0.2, 0.25) is 0 Å². The van der Waals surface area contributed by atoms with Gasteiger partial charge in [-0.3, -0.25) is 9.11 Å². The average Bonchev–Trinajstić information content (AvgIpc) is 2.60. The van der Waals surface area contributed by atoms with Crippen LogP contribution in [0.4, 0.5) is 0 Å². The van der Waals surface area contributed by atoms with E-state index in [1.54, 1.807) is 0 Å². The van der Waals surface area contributed by atoms with E-state index in [1.165, 1.54) is 11.1 Å². The van der Waals surface area contributed by atoms with Crippen LogP contribution in [-0.2, 0) is 17.3 Å².